The Hall–Kier alpha value is -0.480. The van der Waals surface area contributed by atoms with Gasteiger partial charge in [0.05, 0.1) is 12.2 Å². The van der Waals surface area contributed by atoms with Gasteiger partial charge in [-0.3, -0.25) is 4.79 Å². The van der Waals surface area contributed by atoms with Crippen molar-refractivity contribution in [1.29, 1.82) is 0 Å². The van der Waals surface area contributed by atoms with Gasteiger partial charge in [0.15, 0.2) is 0 Å². The first-order valence-corrected chi connectivity index (χ1v) is 9.47. The number of hydrogen-bond acceptors (Lipinski definition) is 3. The molecular weight excluding hydrogens is 284 g/mol. The average Bonchev–Trinajstić information content (AvgIpc) is 3.04. The van der Waals surface area contributed by atoms with E-state index in [2.05, 4.69) is 30.8 Å². The summed E-state index contributed by atoms with van der Waals surface area (Å²) in [7, 11) is 0. The second kappa shape index (κ2) is 8.84. The van der Waals surface area contributed by atoms with E-state index in [1.807, 2.05) is 0 Å². The van der Waals surface area contributed by atoms with Gasteiger partial charge in [-0.05, 0) is 61.9 Å². The number of carboxylic acids is 1. The van der Waals surface area contributed by atoms with Crippen molar-refractivity contribution < 1.29 is 14.6 Å². The predicted molar refractivity (Wildman–Crippen MR) is 87.7 cm³/mol. The quantitative estimate of drug-likeness (QED) is 0.487. The topological polar surface area (TPSA) is 46.5 Å². The molecule has 0 aromatic rings. The first kappa shape index (κ1) is 16.9. The highest BCUT2D eigenvalue weighted by atomic mass is 32.2. The molecule has 0 unspecified atom stereocenters. The van der Waals surface area contributed by atoms with Crippen LogP contribution in [0.4, 0.5) is 0 Å². The maximum atomic E-state index is 10.5. The number of rotatable bonds is 10. The molecule has 0 spiro atoms. The number of carboxylic acid groups (broad SMARTS) is 1. The highest BCUT2D eigenvalue weighted by molar-refractivity contribution is 7.99. The van der Waals surface area contributed by atoms with Crippen LogP contribution in [-0.4, -0.2) is 34.8 Å². The van der Waals surface area contributed by atoms with Crippen molar-refractivity contribution >= 4 is 17.7 Å². The maximum absolute atomic E-state index is 10.5. The molecule has 2 aliphatic rings. The van der Waals surface area contributed by atoms with Gasteiger partial charge in [-0.25, -0.2) is 0 Å². The van der Waals surface area contributed by atoms with Gasteiger partial charge in [0.1, 0.15) is 0 Å². The minimum absolute atomic E-state index is 0.276. The Morgan fingerprint density at radius 2 is 2.05 bits per heavy atom. The van der Waals surface area contributed by atoms with Crippen LogP contribution in [-0.2, 0) is 9.53 Å². The van der Waals surface area contributed by atoms with E-state index >= 15 is 0 Å². The lowest BCUT2D eigenvalue weighted by Gasteiger charge is -2.26. The molecule has 2 saturated heterocycles. The zero-order valence-corrected chi connectivity index (χ0v) is 13.8. The number of thioether (sulfide) groups is 1. The number of unbranched alkanes of at least 4 members (excludes halogenated alkanes) is 1. The van der Waals surface area contributed by atoms with E-state index in [1.165, 1.54) is 30.8 Å². The van der Waals surface area contributed by atoms with Crippen LogP contribution in [0.25, 0.3) is 0 Å². The van der Waals surface area contributed by atoms with E-state index in [0.717, 1.165) is 25.2 Å². The molecule has 0 aliphatic carbocycles. The molecule has 4 heteroatoms. The third-order valence-corrected chi connectivity index (χ3v) is 5.90. The first-order chi connectivity index (χ1) is 10.2. The zero-order valence-electron chi connectivity index (χ0n) is 13.0. The largest absolute Gasteiger partial charge is 0.481 e. The van der Waals surface area contributed by atoms with E-state index in [-0.39, 0.29) is 6.42 Å². The SMILES string of the molecule is CCCSC[C@@H]1[C@@H](CC=CCCCC(=O)O)[C@H]2CC[C@@H]1O2. The lowest BCUT2D eigenvalue weighted by molar-refractivity contribution is -0.137. The molecule has 2 rings (SSSR count). The molecule has 1 N–H and O–H groups in total. The minimum atomic E-state index is -0.696. The number of carbonyl (C=O) groups is 1. The molecule has 2 bridgehead atoms. The lowest BCUT2D eigenvalue weighted by Crippen LogP contribution is -2.28. The molecule has 3 nitrogen and oxygen atoms in total. The van der Waals surface area contributed by atoms with Gasteiger partial charge in [-0.2, -0.15) is 11.8 Å². The van der Waals surface area contributed by atoms with Crippen LogP contribution in [0.2, 0.25) is 0 Å². The highest BCUT2D eigenvalue weighted by Gasteiger charge is 2.47. The Morgan fingerprint density at radius 3 is 2.76 bits per heavy atom. The van der Waals surface area contributed by atoms with Gasteiger partial charge in [-0.15, -0.1) is 0 Å². The fourth-order valence-corrected chi connectivity index (χ4v) is 4.72. The van der Waals surface area contributed by atoms with Crippen LogP contribution in [0, 0.1) is 11.8 Å². The standard InChI is InChI=1S/C17H28O3S/c1-2-11-21-12-14-13(15-9-10-16(14)20-15)7-5-3-4-6-8-17(18)19/h3,5,13-16H,2,4,6-12H2,1H3,(H,18,19)/t13-,14-,15-,16+/m1/s1. The van der Waals surface area contributed by atoms with Crippen molar-refractivity contribution in [3.63, 3.8) is 0 Å². The fourth-order valence-electron chi connectivity index (χ4n) is 3.53. The van der Waals surface area contributed by atoms with Gasteiger partial charge in [-0.1, -0.05) is 19.1 Å². The van der Waals surface area contributed by atoms with Gasteiger partial charge < -0.3 is 9.84 Å². The van der Waals surface area contributed by atoms with Crippen molar-refractivity contribution in [3.05, 3.63) is 12.2 Å². The molecule has 21 heavy (non-hydrogen) atoms. The maximum Gasteiger partial charge on any atom is 0.303 e. The van der Waals surface area contributed by atoms with Crippen molar-refractivity contribution in [2.75, 3.05) is 11.5 Å². The molecular formula is C17H28O3S. The molecule has 0 aromatic heterocycles. The van der Waals surface area contributed by atoms with Crippen LogP contribution < -0.4 is 0 Å². The summed E-state index contributed by atoms with van der Waals surface area (Å²) in [6.45, 7) is 2.24. The first-order valence-electron chi connectivity index (χ1n) is 8.32. The summed E-state index contributed by atoms with van der Waals surface area (Å²) in [5, 5.41) is 8.61. The molecule has 2 heterocycles. The van der Waals surface area contributed by atoms with Crippen LogP contribution >= 0.6 is 11.8 Å². The summed E-state index contributed by atoms with van der Waals surface area (Å²) in [5.74, 6) is 3.21. The second-order valence-electron chi connectivity index (χ2n) is 6.19. The summed E-state index contributed by atoms with van der Waals surface area (Å²) in [6, 6.07) is 0. The fraction of sp³-hybridized carbons (Fsp3) is 0.824. The van der Waals surface area contributed by atoms with Gasteiger partial charge >= 0.3 is 5.97 Å². The highest BCUT2D eigenvalue weighted by Crippen LogP contribution is 2.46. The van der Waals surface area contributed by atoms with E-state index < -0.39 is 5.97 Å². The van der Waals surface area contributed by atoms with Gasteiger partial charge in [0, 0.05) is 6.42 Å². The summed E-state index contributed by atoms with van der Waals surface area (Å²) in [4.78, 5) is 10.5. The summed E-state index contributed by atoms with van der Waals surface area (Å²) in [6.07, 6.45) is 12.1. The second-order valence-corrected chi connectivity index (χ2v) is 7.34. The molecule has 0 aromatic carbocycles. The number of ether oxygens (including phenoxy) is 1. The number of fused-ring (bicyclic) bond motifs is 2. The third kappa shape index (κ3) is 5.03. The zero-order chi connectivity index (χ0) is 15.1. The minimum Gasteiger partial charge on any atom is -0.481 e. The monoisotopic (exact) mass is 312 g/mol. The average molecular weight is 312 g/mol. The van der Waals surface area contributed by atoms with Crippen molar-refractivity contribution in [2.24, 2.45) is 11.8 Å². The number of allylic oxidation sites excluding steroid dienone is 2. The van der Waals surface area contributed by atoms with Crippen molar-refractivity contribution in [3.8, 4) is 0 Å². The van der Waals surface area contributed by atoms with Crippen molar-refractivity contribution in [2.45, 2.75) is 64.1 Å². The molecule has 0 radical (unpaired) electrons. The Balaban J connectivity index is 1.72. The lowest BCUT2D eigenvalue weighted by atomic mass is 9.78. The van der Waals surface area contributed by atoms with E-state index in [9.17, 15) is 4.79 Å². The number of aliphatic carboxylic acids is 1. The third-order valence-electron chi connectivity index (χ3n) is 4.59. The molecule has 2 fully saturated rings. The van der Waals surface area contributed by atoms with Crippen molar-refractivity contribution in [1.82, 2.24) is 0 Å². The Bertz CT molecular complexity index is 356. The Labute approximate surface area is 132 Å². The molecule has 0 amide bonds. The Kier molecular flexibility index (Phi) is 7.11. The molecule has 4 atom stereocenters. The molecule has 2 aliphatic heterocycles. The normalized spacial score (nSPS) is 31.3. The van der Waals surface area contributed by atoms with Gasteiger partial charge in [0.25, 0.3) is 0 Å². The van der Waals surface area contributed by atoms with Gasteiger partial charge in [0.2, 0.25) is 0 Å². The summed E-state index contributed by atoms with van der Waals surface area (Å²) in [5.41, 5.74) is 0. The van der Waals surface area contributed by atoms with Crippen LogP contribution in [0.15, 0.2) is 12.2 Å². The van der Waals surface area contributed by atoms with Crippen LogP contribution in [0.5, 0.6) is 0 Å². The smallest absolute Gasteiger partial charge is 0.303 e. The van der Waals surface area contributed by atoms with E-state index in [1.54, 1.807) is 0 Å². The summed E-state index contributed by atoms with van der Waals surface area (Å²) < 4.78 is 6.11. The molecule has 120 valence electrons. The van der Waals surface area contributed by atoms with E-state index in [4.69, 9.17) is 9.84 Å². The van der Waals surface area contributed by atoms with Crippen LogP contribution in [0.1, 0.15) is 51.9 Å². The van der Waals surface area contributed by atoms with E-state index in [0.29, 0.717) is 18.1 Å². The predicted octanol–water partition coefficient (Wildman–Crippen LogP) is 4.12. The summed E-state index contributed by atoms with van der Waals surface area (Å²) >= 11 is 2.08. The number of hydrogen-bond donors (Lipinski definition) is 1. The Morgan fingerprint density at radius 1 is 1.29 bits per heavy atom. The van der Waals surface area contributed by atoms with Crippen LogP contribution in [0.3, 0.4) is 0 Å². The molecule has 0 saturated carbocycles.